The predicted octanol–water partition coefficient (Wildman–Crippen LogP) is 2.04. The van der Waals surface area contributed by atoms with Crippen molar-refractivity contribution in [3.8, 4) is 5.75 Å². The molecule has 1 rings (SSSR count). The zero-order chi connectivity index (χ0) is 11.7. The lowest BCUT2D eigenvalue weighted by atomic mass is 9.96. The summed E-state index contributed by atoms with van der Waals surface area (Å²) >= 11 is 5.93. The molecule has 15 heavy (non-hydrogen) atoms. The van der Waals surface area contributed by atoms with Crippen molar-refractivity contribution in [2.75, 3.05) is 0 Å². The predicted molar refractivity (Wildman–Crippen MR) is 61.2 cm³/mol. The number of hydrogen-bond acceptors (Lipinski definition) is 3. The van der Waals surface area contributed by atoms with Crippen molar-refractivity contribution in [3.63, 3.8) is 0 Å². The molecule has 0 radical (unpaired) electrons. The van der Waals surface area contributed by atoms with Gasteiger partial charge in [-0.15, -0.1) is 0 Å². The highest BCUT2D eigenvalue weighted by molar-refractivity contribution is 6.33. The summed E-state index contributed by atoms with van der Waals surface area (Å²) in [7, 11) is 0. The summed E-state index contributed by atoms with van der Waals surface area (Å²) in [6.45, 7) is 5.21. The summed E-state index contributed by atoms with van der Waals surface area (Å²) in [5, 5.41) is 19.7. The first-order valence-corrected chi connectivity index (χ1v) is 5.16. The first kappa shape index (κ1) is 12.3. The molecule has 84 valence electrons. The van der Waals surface area contributed by atoms with Crippen molar-refractivity contribution in [2.45, 2.75) is 32.9 Å². The van der Waals surface area contributed by atoms with Gasteiger partial charge in [-0.25, -0.2) is 0 Å². The van der Waals surface area contributed by atoms with Gasteiger partial charge in [0.05, 0.1) is 11.1 Å². The van der Waals surface area contributed by atoms with E-state index in [0.29, 0.717) is 16.7 Å². The molecule has 1 aromatic rings. The van der Waals surface area contributed by atoms with Gasteiger partial charge in [0.25, 0.3) is 0 Å². The molecule has 4 N–H and O–H groups in total. The monoisotopic (exact) mass is 229 g/mol. The Bertz CT molecular complexity index is 377. The first-order chi connectivity index (χ1) is 6.86. The number of nitrogens with two attached hydrogens (primary N) is 1. The zero-order valence-corrected chi connectivity index (χ0v) is 9.84. The van der Waals surface area contributed by atoms with Crippen LogP contribution in [-0.4, -0.2) is 16.3 Å². The maximum atomic E-state index is 9.85. The summed E-state index contributed by atoms with van der Waals surface area (Å²) in [5.74, 6) is 0.0646. The average Bonchev–Trinajstić information content (AvgIpc) is 2.19. The van der Waals surface area contributed by atoms with Crippen molar-refractivity contribution in [1.82, 2.24) is 0 Å². The molecule has 0 aromatic heterocycles. The van der Waals surface area contributed by atoms with Crippen molar-refractivity contribution >= 4 is 11.6 Å². The number of aromatic hydroxyl groups is 1. The Labute approximate surface area is 94.5 Å². The second-order valence-electron chi connectivity index (χ2n) is 3.87. The fourth-order valence-electron chi connectivity index (χ4n) is 1.48. The lowest BCUT2D eigenvalue weighted by Crippen LogP contribution is -2.25. The summed E-state index contributed by atoms with van der Waals surface area (Å²) in [4.78, 5) is 0. The minimum absolute atomic E-state index is 0.0646. The number of hydrogen-bond donors (Lipinski definition) is 3. The summed E-state index contributed by atoms with van der Waals surface area (Å²) in [6.07, 6.45) is -0.762. The highest BCUT2D eigenvalue weighted by atomic mass is 35.5. The van der Waals surface area contributed by atoms with E-state index in [9.17, 15) is 10.2 Å². The van der Waals surface area contributed by atoms with Gasteiger partial charge < -0.3 is 15.9 Å². The van der Waals surface area contributed by atoms with Crippen molar-refractivity contribution in [3.05, 3.63) is 27.8 Å². The fraction of sp³-hybridized carbons (Fsp3) is 0.455. The molecule has 0 bridgehead atoms. The molecule has 0 aliphatic heterocycles. The van der Waals surface area contributed by atoms with Crippen LogP contribution in [0.4, 0.5) is 0 Å². The molecule has 3 nitrogen and oxygen atoms in total. The van der Waals surface area contributed by atoms with Crippen LogP contribution in [0.5, 0.6) is 5.75 Å². The number of phenols is 1. The van der Waals surface area contributed by atoms with Crippen molar-refractivity contribution in [2.24, 2.45) is 5.73 Å². The number of aryl methyl sites for hydroxylation is 1. The maximum Gasteiger partial charge on any atom is 0.137 e. The van der Waals surface area contributed by atoms with E-state index in [1.54, 1.807) is 26.8 Å². The van der Waals surface area contributed by atoms with Crippen molar-refractivity contribution in [1.29, 1.82) is 0 Å². The second kappa shape index (κ2) is 4.39. The maximum absolute atomic E-state index is 9.85. The van der Waals surface area contributed by atoms with Crippen LogP contribution < -0.4 is 5.73 Å². The van der Waals surface area contributed by atoms with Crippen LogP contribution in [0.15, 0.2) is 6.07 Å². The van der Waals surface area contributed by atoms with Crippen LogP contribution in [0.25, 0.3) is 0 Å². The molecule has 1 aromatic carbocycles. The Morgan fingerprint density at radius 2 is 1.93 bits per heavy atom. The van der Waals surface area contributed by atoms with E-state index in [0.717, 1.165) is 0 Å². The van der Waals surface area contributed by atoms with Gasteiger partial charge in [0.2, 0.25) is 0 Å². The number of phenolic OH excluding ortho intramolecular Hbond substituents is 1. The molecule has 0 aliphatic rings. The Balaban J connectivity index is 3.32. The molecule has 2 atom stereocenters. The van der Waals surface area contributed by atoms with Crippen LogP contribution in [-0.2, 0) is 0 Å². The number of aliphatic hydroxyl groups excluding tert-OH is 1. The van der Waals surface area contributed by atoms with Crippen LogP contribution >= 0.6 is 11.6 Å². The minimum Gasteiger partial charge on any atom is -0.506 e. The summed E-state index contributed by atoms with van der Waals surface area (Å²) in [6, 6.07) is 1.34. The Kier molecular flexibility index (Phi) is 3.60. The third kappa shape index (κ3) is 2.25. The van der Waals surface area contributed by atoms with Crippen LogP contribution in [0.3, 0.4) is 0 Å². The SMILES string of the molecule is Cc1cc(C(O)C(C)N)c(C)c(Cl)c1O. The Hall–Kier alpha value is -0.770. The lowest BCUT2D eigenvalue weighted by Gasteiger charge is -2.19. The van der Waals surface area contributed by atoms with E-state index in [4.69, 9.17) is 17.3 Å². The smallest absolute Gasteiger partial charge is 0.137 e. The highest BCUT2D eigenvalue weighted by Gasteiger charge is 2.19. The summed E-state index contributed by atoms with van der Waals surface area (Å²) < 4.78 is 0. The third-order valence-electron chi connectivity index (χ3n) is 2.53. The molecule has 0 fully saturated rings. The van der Waals surface area contributed by atoms with Gasteiger partial charge in [0.15, 0.2) is 0 Å². The average molecular weight is 230 g/mol. The molecule has 0 amide bonds. The number of benzene rings is 1. The summed E-state index contributed by atoms with van der Waals surface area (Å²) in [5.41, 5.74) is 7.60. The van der Waals surface area contributed by atoms with E-state index < -0.39 is 6.10 Å². The zero-order valence-electron chi connectivity index (χ0n) is 9.08. The Morgan fingerprint density at radius 3 is 2.40 bits per heavy atom. The van der Waals surface area contributed by atoms with Gasteiger partial charge in [0.1, 0.15) is 5.75 Å². The molecule has 0 spiro atoms. The largest absolute Gasteiger partial charge is 0.506 e. The van der Waals surface area contributed by atoms with Gasteiger partial charge in [-0.1, -0.05) is 11.6 Å². The van der Waals surface area contributed by atoms with Gasteiger partial charge in [-0.05, 0) is 43.5 Å². The van der Waals surface area contributed by atoms with E-state index in [2.05, 4.69) is 0 Å². The van der Waals surface area contributed by atoms with E-state index in [-0.39, 0.29) is 16.8 Å². The highest BCUT2D eigenvalue weighted by Crippen LogP contribution is 2.35. The van der Waals surface area contributed by atoms with Crippen molar-refractivity contribution < 1.29 is 10.2 Å². The van der Waals surface area contributed by atoms with Gasteiger partial charge >= 0.3 is 0 Å². The Morgan fingerprint density at radius 1 is 1.40 bits per heavy atom. The van der Waals surface area contributed by atoms with E-state index in [1.165, 1.54) is 0 Å². The van der Waals surface area contributed by atoms with Gasteiger partial charge in [-0.3, -0.25) is 0 Å². The molecule has 2 unspecified atom stereocenters. The number of aliphatic hydroxyl groups is 1. The molecule has 4 heteroatoms. The van der Waals surface area contributed by atoms with Gasteiger partial charge in [-0.2, -0.15) is 0 Å². The molecule has 0 saturated heterocycles. The standard InChI is InChI=1S/C11H16ClNO2/c1-5-4-8(11(15)7(3)13)6(2)9(12)10(5)14/h4,7,11,14-15H,13H2,1-3H3. The number of rotatable bonds is 2. The molecule has 0 saturated carbocycles. The number of halogens is 1. The molecular weight excluding hydrogens is 214 g/mol. The topological polar surface area (TPSA) is 66.5 Å². The normalized spacial score (nSPS) is 15.1. The van der Waals surface area contributed by atoms with E-state index >= 15 is 0 Å². The van der Waals surface area contributed by atoms with Crippen LogP contribution in [0, 0.1) is 13.8 Å². The lowest BCUT2D eigenvalue weighted by molar-refractivity contribution is 0.152. The van der Waals surface area contributed by atoms with Gasteiger partial charge in [0, 0.05) is 6.04 Å². The molecule has 0 aliphatic carbocycles. The van der Waals surface area contributed by atoms with Crippen LogP contribution in [0.2, 0.25) is 5.02 Å². The van der Waals surface area contributed by atoms with E-state index in [1.807, 2.05) is 0 Å². The van der Waals surface area contributed by atoms with Crippen LogP contribution in [0.1, 0.15) is 29.7 Å². The minimum atomic E-state index is -0.762. The fourth-order valence-corrected chi connectivity index (χ4v) is 1.74. The second-order valence-corrected chi connectivity index (χ2v) is 4.25. The molecular formula is C11H16ClNO2. The molecule has 0 heterocycles. The quantitative estimate of drug-likeness (QED) is 0.727. The first-order valence-electron chi connectivity index (χ1n) is 4.78. The third-order valence-corrected chi connectivity index (χ3v) is 2.99.